The molecule has 1 aliphatic heterocycles. The van der Waals surface area contributed by atoms with Crippen LogP contribution in [0.4, 0.5) is 10.1 Å². The second-order valence-corrected chi connectivity index (χ2v) is 11.9. The van der Waals surface area contributed by atoms with Crippen molar-refractivity contribution in [2.75, 3.05) is 25.0 Å². The highest BCUT2D eigenvalue weighted by atomic mass is 19.1. The molecule has 196 valence electrons. The first kappa shape index (κ1) is 26.5. The van der Waals surface area contributed by atoms with Gasteiger partial charge in [-0.05, 0) is 74.5 Å². The lowest BCUT2D eigenvalue weighted by atomic mass is 9.81. The third-order valence-corrected chi connectivity index (χ3v) is 8.58. The second-order valence-electron chi connectivity index (χ2n) is 11.9. The molecule has 0 radical (unpaired) electrons. The van der Waals surface area contributed by atoms with Crippen molar-refractivity contribution in [3.05, 3.63) is 64.6 Å². The standard InChI is InChI=1S/C30H44FN5/c1-7-29(3,4)24-10-8-22(9-11-24)25-19-36(18-21-12-14-30(5,31)15-13-21)26-16-23(17-34-27(25)26)28(20(2)32)35(6)33/h8-11,16-17,21,25H,7,12-15,18-19,32-33H2,1-6H3/b28-20-. The molecule has 4 N–H and O–H groups in total. The number of fused-ring (bicyclic) bond motifs is 1. The lowest BCUT2D eigenvalue weighted by molar-refractivity contribution is 0.105. The van der Waals surface area contributed by atoms with Gasteiger partial charge in [-0.15, -0.1) is 0 Å². The van der Waals surface area contributed by atoms with Crippen molar-refractivity contribution in [1.82, 2.24) is 9.99 Å². The number of alkyl halides is 1. The average molecular weight is 494 g/mol. The monoisotopic (exact) mass is 493 g/mol. The van der Waals surface area contributed by atoms with Crippen LogP contribution in [0.2, 0.25) is 0 Å². The Balaban J connectivity index is 1.68. The van der Waals surface area contributed by atoms with Gasteiger partial charge in [0.2, 0.25) is 0 Å². The van der Waals surface area contributed by atoms with Crippen molar-refractivity contribution in [2.45, 2.75) is 83.7 Å². The van der Waals surface area contributed by atoms with Gasteiger partial charge in [-0.25, -0.2) is 10.2 Å². The zero-order valence-corrected chi connectivity index (χ0v) is 22.9. The zero-order chi connectivity index (χ0) is 26.3. The van der Waals surface area contributed by atoms with E-state index in [1.807, 2.05) is 13.1 Å². The first-order valence-corrected chi connectivity index (χ1v) is 13.4. The van der Waals surface area contributed by atoms with Gasteiger partial charge >= 0.3 is 0 Å². The number of hydrogen-bond donors (Lipinski definition) is 2. The van der Waals surface area contributed by atoms with Crippen LogP contribution in [0.15, 0.2) is 42.2 Å². The Morgan fingerprint density at radius 3 is 2.42 bits per heavy atom. The SMILES string of the molecule is CCC(C)(C)c1ccc(C2CN(CC3CCC(C)(F)CC3)c3cc(/C(=C(\C)N)N(C)N)cnc32)cc1. The van der Waals surface area contributed by atoms with Crippen molar-refractivity contribution in [1.29, 1.82) is 0 Å². The molecule has 6 heteroatoms. The molecule has 0 spiro atoms. The highest BCUT2D eigenvalue weighted by Crippen LogP contribution is 2.43. The molecule has 1 fully saturated rings. The molecular formula is C30H44FN5. The Hall–Kier alpha value is -2.60. The van der Waals surface area contributed by atoms with Crippen LogP contribution < -0.4 is 16.5 Å². The van der Waals surface area contributed by atoms with Gasteiger partial charge in [0.25, 0.3) is 0 Å². The van der Waals surface area contributed by atoms with Crippen LogP contribution in [0.3, 0.4) is 0 Å². The summed E-state index contributed by atoms with van der Waals surface area (Å²) in [7, 11) is 1.80. The molecule has 0 amide bonds. The van der Waals surface area contributed by atoms with Crippen LogP contribution in [0, 0.1) is 5.92 Å². The summed E-state index contributed by atoms with van der Waals surface area (Å²) in [4.78, 5) is 7.45. The van der Waals surface area contributed by atoms with Crippen LogP contribution in [-0.4, -0.2) is 35.8 Å². The number of aromatic nitrogens is 1. The molecule has 0 bridgehead atoms. The molecule has 2 aliphatic rings. The van der Waals surface area contributed by atoms with Crippen molar-refractivity contribution in [3.8, 4) is 0 Å². The fourth-order valence-electron chi connectivity index (χ4n) is 5.81. The van der Waals surface area contributed by atoms with E-state index < -0.39 is 5.67 Å². The van der Waals surface area contributed by atoms with Crippen LogP contribution in [-0.2, 0) is 5.41 Å². The molecule has 1 saturated carbocycles. The largest absolute Gasteiger partial charge is 0.401 e. The fraction of sp³-hybridized carbons (Fsp3) is 0.567. The predicted molar refractivity (Wildman–Crippen MR) is 148 cm³/mol. The van der Waals surface area contributed by atoms with E-state index in [0.29, 0.717) is 24.5 Å². The van der Waals surface area contributed by atoms with Gasteiger partial charge < -0.3 is 15.6 Å². The molecule has 5 nitrogen and oxygen atoms in total. The topological polar surface area (TPSA) is 71.4 Å². The van der Waals surface area contributed by atoms with E-state index in [0.717, 1.165) is 55.0 Å². The summed E-state index contributed by atoms with van der Waals surface area (Å²) >= 11 is 0. The summed E-state index contributed by atoms with van der Waals surface area (Å²) in [6, 6.07) is 11.3. The van der Waals surface area contributed by atoms with Gasteiger partial charge in [0.1, 0.15) is 5.67 Å². The highest BCUT2D eigenvalue weighted by molar-refractivity contribution is 5.71. The molecule has 1 aromatic carbocycles. The zero-order valence-electron chi connectivity index (χ0n) is 22.9. The predicted octanol–water partition coefficient (Wildman–Crippen LogP) is 6.09. The average Bonchev–Trinajstić information content (AvgIpc) is 3.17. The molecule has 4 rings (SSSR count). The smallest absolute Gasteiger partial charge is 0.108 e. The van der Waals surface area contributed by atoms with Gasteiger partial charge in [-0.2, -0.15) is 0 Å². The third kappa shape index (κ3) is 5.39. The summed E-state index contributed by atoms with van der Waals surface area (Å²) in [5.41, 5.74) is 12.6. The van der Waals surface area contributed by atoms with Gasteiger partial charge in [-0.3, -0.25) is 4.98 Å². The summed E-state index contributed by atoms with van der Waals surface area (Å²) < 4.78 is 14.5. The molecule has 2 heterocycles. The van der Waals surface area contributed by atoms with E-state index in [1.165, 1.54) is 11.1 Å². The number of pyridine rings is 1. The molecule has 2 aromatic rings. The number of benzene rings is 1. The van der Waals surface area contributed by atoms with E-state index >= 15 is 0 Å². The number of rotatable bonds is 7. The fourth-order valence-corrected chi connectivity index (χ4v) is 5.81. The summed E-state index contributed by atoms with van der Waals surface area (Å²) in [5, 5.41) is 1.56. The Morgan fingerprint density at radius 1 is 1.22 bits per heavy atom. The number of anilines is 1. The molecular weight excluding hydrogens is 449 g/mol. The first-order valence-electron chi connectivity index (χ1n) is 13.4. The van der Waals surface area contributed by atoms with Gasteiger partial charge in [0.15, 0.2) is 0 Å². The minimum atomic E-state index is -1.02. The van der Waals surface area contributed by atoms with E-state index in [1.54, 1.807) is 19.0 Å². The summed E-state index contributed by atoms with van der Waals surface area (Å²) in [6.45, 7) is 12.2. The van der Waals surface area contributed by atoms with Crippen LogP contribution in [0.25, 0.3) is 5.70 Å². The summed E-state index contributed by atoms with van der Waals surface area (Å²) in [5.74, 6) is 6.81. The number of hydrogen-bond acceptors (Lipinski definition) is 5. The van der Waals surface area contributed by atoms with Gasteiger partial charge in [-0.1, -0.05) is 45.0 Å². The quantitative estimate of drug-likeness (QED) is 0.361. The van der Waals surface area contributed by atoms with Gasteiger partial charge in [0.05, 0.1) is 17.1 Å². The lowest BCUT2D eigenvalue weighted by Gasteiger charge is -2.34. The van der Waals surface area contributed by atoms with Gasteiger partial charge in [0, 0.05) is 43.5 Å². The molecule has 1 aromatic heterocycles. The molecule has 1 atom stereocenters. The van der Waals surface area contributed by atoms with E-state index in [4.69, 9.17) is 16.6 Å². The number of nitrogens with zero attached hydrogens (tertiary/aromatic N) is 3. The van der Waals surface area contributed by atoms with E-state index in [-0.39, 0.29) is 11.3 Å². The number of halogens is 1. The minimum Gasteiger partial charge on any atom is -0.401 e. The third-order valence-electron chi connectivity index (χ3n) is 8.58. The Labute approximate surface area is 216 Å². The number of hydrazine groups is 1. The maximum Gasteiger partial charge on any atom is 0.108 e. The molecule has 36 heavy (non-hydrogen) atoms. The van der Waals surface area contributed by atoms with E-state index in [9.17, 15) is 4.39 Å². The van der Waals surface area contributed by atoms with Crippen LogP contribution in [0.1, 0.15) is 95.0 Å². The normalized spacial score (nSPS) is 24.9. The minimum absolute atomic E-state index is 0.161. The van der Waals surface area contributed by atoms with Crippen LogP contribution >= 0.6 is 0 Å². The molecule has 1 unspecified atom stereocenters. The number of allylic oxidation sites excluding steroid dienone is 1. The van der Waals surface area contributed by atoms with Crippen molar-refractivity contribution >= 4 is 11.4 Å². The molecule has 0 saturated heterocycles. The lowest BCUT2D eigenvalue weighted by Crippen LogP contribution is -2.34. The van der Waals surface area contributed by atoms with Crippen molar-refractivity contribution < 1.29 is 4.39 Å². The second kappa shape index (κ2) is 10.0. The molecule has 1 aliphatic carbocycles. The Bertz CT molecular complexity index is 1090. The maximum atomic E-state index is 14.5. The maximum absolute atomic E-state index is 14.5. The number of nitrogens with two attached hydrogens (primary N) is 2. The Kier molecular flexibility index (Phi) is 7.38. The van der Waals surface area contributed by atoms with Crippen LogP contribution in [0.5, 0.6) is 0 Å². The van der Waals surface area contributed by atoms with E-state index in [2.05, 4.69) is 56.0 Å². The van der Waals surface area contributed by atoms with Crippen molar-refractivity contribution in [3.63, 3.8) is 0 Å². The highest BCUT2D eigenvalue weighted by Gasteiger charge is 2.36. The summed E-state index contributed by atoms with van der Waals surface area (Å²) in [6.07, 6.45) is 6.14. The Morgan fingerprint density at radius 2 is 1.86 bits per heavy atom. The first-order chi connectivity index (χ1) is 16.9. The van der Waals surface area contributed by atoms with Crippen molar-refractivity contribution in [2.24, 2.45) is 17.5 Å².